The van der Waals surface area contributed by atoms with Gasteiger partial charge >= 0.3 is 0 Å². The monoisotopic (exact) mass is 279 g/mol. The van der Waals surface area contributed by atoms with E-state index in [0.29, 0.717) is 28.7 Å². The number of benzene rings is 1. The van der Waals surface area contributed by atoms with Crippen LogP contribution in [0.3, 0.4) is 0 Å². The zero-order valence-corrected chi connectivity index (χ0v) is 11.9. The number of nitrogens with one attached hydrogen (secondary N) is 2. The number of amides is 1. The van der Waals surface area contributed by atoms with Crippen LogP contribution >= 0.6 is 11.6 Å². The van der Waals surface area contributed by atoms with Crippen molar-refractivity contribution in [3.8, 4) is 6.07 Å². The Morgan fingerprint density at radius 3 is 2.84 bits per heavy atom. The first kappa shape index (κ1) is 15.5. The lowest BCUT2D eigenvalue weighted by atomic mass is 10.2. The zero-order chi connectivity index (χ0) is 14.3. The average Bonchev–Trinajstić information content (AvgIpc) is 2.37. The van der Waals surface area contributed by atoms with E-state index in [0.717, 1.165) is 13.0 Å². The van der Waals surface area contributed by atoms with Crippen LogP contribution in [0.5, 0.6) is 0 Å². The number of halogens is 1. The number of rotatable bonds is 6. The van der Waals surface area contributed by atoms with Gasteiger partial charge in [0.25, 0.3) is 0 Å². The zero-order valence-electron chi connectivity index (χ0n) is 11.2. The van der Waals surface area contributed by atoms with E-state index in [1.165, 1.54) is 0 Å². The molecule has 0 saturated heterocycles. The van der Waals surface area contributed by atoms with Crippen LogP contribution in [0.25, 0.3) is 0 Å². The third-order valence-electron chi connectivity index (χ3n) is 2.50. The van der Waals surface area contributed by atoms with E-state index in [2.05, 4.69) is 24.5 Å². The number of hydrogen-bond acceptors (Lipinski definition) is 3. The van der Waals surface area contributed by atoms with Crippen molar-refractivity contribution in [3.05, 3.63) is 28.8 Å². The first-order valence-corrected chi connectivity index (χ1v) is 6.63. The highest BCUT2D eigenvalue weighted by molar-refractivity contribution is 6.31. The Bertz CT molecular complexity index is 480. The third-order valence-corrected chi connectivity index (χ3v) is 2.83. The van der Waals surface area contributed by atoms with Gasteiger partial charge in [-0.15, -0.1) is 0 Å². The van der Waals surface area contributed by atoms with Gasteiger partial charge in [-0.25, -0.2) is 0 Å². The molecule has 0 atom stereocenters. The number of carbonyl (C=O) groups excluding carboxylic acids is 1. The highest BCUT2D eigenvalue weighted by Crippen LogP contribution is 2.19. The van der Waals surface area contributed by atoms with Crippen LogP contribution in [0.1, 0.15) is 32.3 Å². The molecule has 0 spiro atoms. The quantitative estimate of drug-likeness (QED) is 0.787. The van der Waals surface area contributed by atoms with Crippen molar-refractivity contribution in [3.63, 3.8) is 0 Å². The molecule has 0 aliphatic heterocycles. The molecule has 0 unspecified atom stereocenters. The van der Waals surface area contributed by atoms with Gasteiger partial charge in [-0.3, -0.25) is 4.79 Å². The predicted molar refractivity (Wildman–Crippen MR) is 77.2 cm³/mol. The van der Waals surface area contributed by atoms with Crippen molar-refractivity contribution in [2.45, 2.75) is 32.7 Å². The summed E-state index contributed by atoms with van der Waals surface area (Å²) in [5, 5.41) is 15.2. The molecule has 19 heavy (non-hydrogen) atoms. The molecule has 0 radical (unpaired) electrons. The molecule has 0 heterocycles. The molecule has 102 valence electrons. The first-order valence-electron chi connectivity index (χ1n) is 6.26. The van der Waals surface area contributed by atoms with Crippen molar-refractivity contribution < 1.29 is 4.79 Å². The van der Waals surface area contributed by atoms with Crippen molar-refractivity contribution in [2.24, 2.45) is 0 Å². The molecule has 1 rings (SSSR count). The molecule has 0 bridgehead atoms. The number of hydrogen-bond donors (Lipinski definition) is 2. The van der Waals surface area contributed by atoms with Crippen LogP contribution in [-0.4, -0.2) is 18.5 Å². The molecule has 0 fully saturated rings. The first-order chi connectivity index (χ1) is 9.02. The maximum Gasteiger partial charge on any atom is 0.224 e. The summed E-state index contributed by atoms with van der Waals surface area (Å²) in [5.74, 6) is -0.0585. The molecule has 4 nitrogen and oxygen atoms in total. The Labute approximate surface area is 118 Å². The second kappa shape index (κ2) is 7.78. The van der Waals surface area contributed by atoms with Crippen molar-refractivity contribution in [2.75, 3.05) is 11.9 Å². The number of carbonyl (C=O) groups is 1. The Hall–Kier alpha value is -1.57. The molecule has 1 amide bonds. The van der Waals surface area contributed by atoms with Gasteiger partial charge in [0.2, 0.25) is 5.91 Å². The van der Waals surface area contributed by atoms with Crippen molar-refractivity contribution >= 4 is 23.2 Å². The Kier molecular flexibility index (Phi) is 6.34. The van der Waals surface area contributed by atoms with Crippen LogP contribution in [-0.2, 0) is 4.79 Å². The topological polar surface area (TPSA) is 64.9 Å². The number of anilines is 1. The van der Waals surface area contributed by atoms with Gasteiger partial charge in [0.15, 0.2) is 0 Å². The highest BCUT2D eigenvalue weighted by Gasteiger charge is 2.05. The normalized spacial score (nSPS) is 10.3. The number of nitrogens with zero attached hydrogens (tertiary/aromatic N) is 1. The summed E-state index contributed by atoms with van der Waals surface area (Å²) in [6.45, 7) is 4.95. The lowest BCUT2D eigenvalue weighted by Gasteiger charge is -2.08. The summed E-state index contributed by atoms with van der Waals surface area (Å²) in [7, 11) is 0. The summed E-state index contributed by atoms with van der Waals surface area (Å²) in [6, 6.07) is 7.28. The maximum absolute atomic E-state index is 11.7. The standard InChI is InChI=1S/C14H18ClN3O/c1-10(2)17-7-3-4-14(19)18-12-5-6-13(15)11(8-12)9-16/h5-6,8,10,17H,3-4,7H2,1-2H3,(H,18,19). The Morgan fingerprint density at radius 1 is 1.47 bits per heavy atom. The van der Waals surface area contributed by atoms with Crippen molar-refractivity contribution in [1.29, 1.82) is 5.26 Å². The molecule has 0 aliphatic carbocycles. The minimum atomic E-state index is -0.0585. The molecular formula is C14H18ClN3O. The van der Waals surface area contributed by atoms with E-state index < -0.39 is 0 Å². The average molecular weight is 280 g/mol. The van der Waals surface area contributed by atoms with Gasteiger partial charge in [0.1, 0.15) is 6.07 Å². The third kappa shape index (κ3) is 5.73. The summed E-state index contributed by atoms with van der Waals surface area (Å²) < 4.78 is 0. The molecule has 1 aromatic rings. The van der Waals surface area contributed by atoms with Crippen LogP contribution < -0.4 is 10.6 Å². The SMILES string of the molecule is CC(C)NCCCC(=O)Nc1ccc(Cl)c(C#N)c1. The summed E-state index contributed by atoms with van der Waals surface area (Å²) >= 11 is 5.82. The largest absolute Gasteiger partial charge is 0.326 e. The van der Waals surface area contributed by atoms with Crippen LogP contribution in [0.2, 0.25) is 5.02 Å². The van der Waals surface area contributed by atoms with E-state index in [9.17, 15) is 4.79 Å². The van der Waals surface area contributed by atoms with Gasteiger partial charge in [-0.1, -0.05) is 25.4 Å². The van der Waals surface area contributed by atoms with E-state index in [1.54, 1.807) is 18.2 Å². The van der Waals surface area contributed by atoms with Crippen LogP contribution in [0.15, 0.2) is 18.2 Å². The van der Waals surface area contributed by atoms with E-state index in [-0.39, 0.29) is 5.91 Å². The minimum absolute atomic E-state index is 0.0585. The minimum Gasteiger partial charge on any atom is -0.326 e. The van der Waals surface area contributed by atoms with E-state index >= 15 is 0 Å². The van der Waals surface area contributed by atoms with Gasteiger partial charge in [-0.2, -0.15) is 5.26 Å². The second-order valence-electron chi connectivity index (χ2n) is 4.57. The van der Waals surface area contributed by atoms with Crippen LogP contribution in [0.4, 0.5) is 5.69 Å². The van der Waals surface area contributed by atoms with Gasteiger partial charge < -0.3 is 10.6 Å². The summed E-state index contributed by atoms with van der Waals surface area (Å²) in [5.41, 5.74) is 0.962. The summed E-state index contributed by atoms with van der Waals surface area (Å²) in [6.07, 6.45) is 1.23. The molecule has 0 aliphatic rings. The molecule has 0 saturated carbocycles. The van der Waals surface area contributed by atoms with Crippen LogP contribution in [0, 0.1) is 11.3 Å². The summed E-state index contributed by atoms with van der Waals surface area (Å²) in [4.78, 5) is 11.7. The Balaban J connectivity index is 2.42. The van der Waals surface area contributed by atoms with Gasteiger partial charge in [0, 0.05) is 18.2 Å². The Morgan fingerprint density at radius 2 is 2.21 bits per heavy atom. The maximum atomic E-state index is 11.7. The number of nitriles is 1. The molecular weight excluding hydrogens is 262 g/mol. The fourth-order valence-corrected chi connectivity index (χ4v) is 1.71. The molecule has 1 aromatic carbocycles. The van der Waals surface area contributed by atoms with Crippen molar-refractivity contribution in [1.82, 2.24) is 5.32 Å². The highest BCUT2D eigenvalue weighted by atomic mass is 35.5. The van der Waals surface area contributed by atoms with Gasteiger partial charge in [0.05, 0.1) is 10.6 Å². The van der Waals surface area contributed by atoms with E-state index in [1.807, 2.05) is 6.07 Å². The smallest absolute Gasteiger partial charge is 0.224 e. The molecule has 2 N–H and O–H groups in total. The fourth-order valence-electron chi connectivity index (χ4n) is 1.55. The lowest BCUT2D eigenvalue weighted by molar-refractivity contribution is -0.116. The molecule has 5 heteroatoms. The fraction of sp³-hybridized carbons (Fsp3) is 0.429. The molecule has 0 aromatic heterocycles. The predicted octanol–water partition coefficient (Wildman–Crippen LogP) is 2.93. The second-order valence-corrected chi connectivity index (χ2v) is 4.97. The lowest BCUT2D eigenvalue weighted by Crippen LogP contribution is -2.24. The van der Waals surface area contributed by atoms with Gasteiger partial charge in [-0.05, 0) is 31.2 Å². The van der Waals surface area contributed by atoms with E-state index in [4.69, 9.17) is 16.9 Å².